The van der Waals surface area contributed by atoms with Crippen LogP contribution in [0.2, 0.25) is 0 Å². The SMILES string of the molecule is N/C(=C(/c1ccncc1)N(N)c1ccccc1F)c1nc(-c2ccc(CN3CC[C@H](F)C3)cc2)no1. The second-order valence-electron chi connectivity index (χ2n) is 8.56. The van der Waals surface area contributed by atoms with Gasteiger partial charge >= 0.3 is 0 Å². The minimum Gasteiger partial charge on any atom is -0.392 e. The first-order chi connectivity index (χ1) is 17.5. The molecule has 3 heterocycles. The minimum atomic E-state index is -0.750. The second-order valence-corrected chi connectivity index (χ2v) is 8.56. The number of benzene rings is 2. The molecule has 0 bridgehead atoms. The molecule has 0 spiro atoms. The van der Waals surface area contributed by atoms with Gasteiger partial charge < -0.3 is 10.3 Å². The molecule has 1 aliphatic rings. The third kappa shape index (κ3) is 4.95. The molecule has 36 heavy (non-hydrogen) atoms. The van der Waals surface area contributed by atoms with E-state index in [-0.39, 0.29) is 23.0 Å². The summed E-state index contributed by atoms with van der Waals surface area (Å²) < 4.78 is 33.4. The molecule has 0 saturated carbocycles. The first kappa shape index (κ1) is 23.6. The van der Waals surface area contributed by atoms with Crippen LogP contribution in [0.1, 0.15) is 23.4 Å². The van der Waals surface area contributed by atoms with Gasteiger partial charge in [-0.2, -0.15) is 4.98 Å². The number of aromatic nitrogens is 3. The molecule has 10 heteroatoms. The molecule has 0 unspecified atom stereocenters. The van der Waals surface area contributed by atoms with Crippen molar-refractivity contribution in [2.45, 2.75) is 19.1 Å². The van der Waals surface area contributed by atoms with Crippen LogP contribution in [0, 0.1) is 5.82 Å². The number of halogens is 2. The number of anilines is 1. The second kappa shape index (κ2) is 10.2. The monoisotopic (exact) mass is 489 g/mol. The van der Waals surface area contributed by atoms with Crippen molar-refractivity contribution in [2.75, 3.05) is 18.1 Å². The van der Waals surface area contributed by atoms with Gasteiger partial charge in [0.15, 0.2) is 0 Å². The molecule has 8 nitrogen and oxygen atoms in total. The van der Waals surface area contributed by atoms with E-state index in [1.54, 1.807) is 42.7 Å². The van der Waals surface area contributed by atoms with Gasteiger partial charge in [0.05, 0.1) is 11.4 Å². The first-order valence-electron chi connectivity index (χ1n) is 11.5. The number of nitrogens with zero attached hydrogens (tertiary/aromatic N) is 5. The Morgan fingerprint density at radius 1 is 1.08 bits per heavy atom. The van der Waals surface area contributed by atoms with E-state index in [2.05, 4.69) is 20.0 Å². The Balaban J connectivity index is 1.44. The third-order valence-electron chi connectivity index (χ3n) is 6.05. The summed E-state index contributed by atoms with van der Waals surface area (Å²) in [6, 6.07) is 17.2. The molecule has 5 rings (SSSR count). The predicted molar refractivity (Wildman–Crippen MR) is 133 cm³/mol. The average molecular weight is 490 g/mol. The molecule has 0 amide bonds. The summed E-state index contributed by atoms with van der Waals surface area (Å²) in [7, 11) is 0. The Morgan fingerprint density at radius 3 is 2.53 bits per heavy atom. The lowest BCUT2D eigenvalue weighted by molar-refractivity contribution is 0.282. The van der Waals surface area contributed by atoms with E-state index in [0.717, 1.165) is 22.7 Å². The molecule has 2 aromatic heterocycles. The quantitative estimate of drug-likeness (QED) is 0.296. The maximum atomic E-state index is 14.5. The van der Waals surface area contributed by atoms with Gasteiger partial charge in [-0.05, 0) is 36.2 Å². The van der Waals surface area contributed by atoms with Gasteiger partial charge in [-0.15, -0.1) is 0 Å². The van der Waals surface area contributed by atoms with Crippen molar-refractivity contribution in [3.05, 3.63) is 95.9 Å². The van der Waals surface area contributed by atoms with Crippen LogP contribution in [0.5, 0.6) is 0 Å². The van der Waals surface area contributed by atoms with Crippen molar-refractivity contribution in [2.24, 2.45) is 11.6 Å². The van der Waals surface area contributed by atoms with Crippen molar-refractivity contribution >= 4 is 17.1 Å². The van der Waals surface area contributed by atoms with Gasteiger partial charge in [-0.1, -0.05) is 41.6 Å². The summed E-state index contributed by atoms with van der Waals surface area (Å²) in [5.41, 5.74) is 9.34. The van der Waals surface area contributed by atoms with Gasteiger partial charge in [0, 0.05) is 43.2 Å². The number of nitrogens with two attached hydrogens (primary N) is 2. The maximum Gasteiger partial charge on any atom is 0.276 e. The zero-order valence-electron chi connectivity index (χ0n) is 19.4. The van der Waals surface area contributed by atoms with Crippen molar-refractivity contribution in [3.8, 4) is 11.4 Å². The molecule has 1 fully saturated rings. The van der Waals surface area contributed by atoms with Gasteiger partial charge in [0.2, 0.25) is 5.82 Å². The van der Waals surface area contributed by atoms with E-state index in [0.29, 0.717) is 30.9 Å². The fourth-order valence-electron chi connectivity index (χ4n) is 4.20. The molecule has 2 aromatic carbocycles. The van der Waals surface area contributed by atoms with Gasteiger partial charge in [0.1, 0.15) is 17.7 Å². The molecular weight excluding hydrogens is 464 g/mol. The van der Waals surface area contributed by atoms with Crippen molar-refractivity contribution in [1.29, 1.82) is 0 Å². The third-order valence-corrected chi connectivity index (χ3v) is 6.05. The highest BCUT2D eigenvalue weighted by Gasteiger charge is 2.23. The van der Waals surface area contributed by atoms with Crippen molar-refractivity contribution < 1.29 is 13.3 Å². The van der Waals surface area contributed by atoms with E-state index in [1.807, 2.05) is 24.3 Å². The highest BCUT2D eigenvalue weighted by molar-refractivity contribution is 5.93. The lowest BCUT2D eigenvalue weighted by atomic mass is 10.1. The smallest absolute Gasteiger partial charge is 0.276 e. The topological polar surface area (TPSA) is 110 Å². The van der Waals surface area contributed by atoms with E-state index in [1.165, 1.54) is 6.07 Å². The number of hydrogen-bond donors (Lipinski definition) is 2. The first-order valence-corrected chi connectivity index (χ1v) is 11.5. The lowest BCUT2D eigenvalue weighted by Crippen LogP contribution is -2.32. The molecule has 4 N–H and O–H groups in total. The van der Waals surface area contributed by atoms with E-state index < -0.39 is 12.0 Å². The molecule has 4 aromatic rings. The van der Waals surface area contributed by atoms with E-state index in [9.17, 15) is 8.78 Å². The van der Waals surface area contributed by atoms with Crippen LogP contribution in [-0.2, 0) is 6.54 Å². The summed E-state index contributed by atoms with van der Waals surface area (Å²) in [5, 5.41) is 5.22. The molecule has 1 saturated heterocycles. The number of para-hydroxylation sites is 1. The fourth-order valence-corrected chi connectivity index (χ4v) is 4.20. The number of rotatable bonds is 7. The number of hydrazine groups is 1. The fraction of sp³-hybridized carbons (Fsp3) is 0.192. The number of likely N-dealkylation sites (tertiary alicyclic amines) is 1. The zero-order valence-corrected chi connectivity index (χ0v) is 19.4. The van der Waals surface area contributed by atoms with Crippen LogP contribution >= 0.6 is 0 Å². The Hall–Kier alpha value is -4.15. The normalized spacial score (nSPS) is 16.7. The Kier molecular flexibility index (Phi) is 6.70. The highest BCUT2D eigenvalue weighted by Crippen LogP contribution is 2.30. The van der Waals surface area contributed by atoms with Crippen LogP contribution in [0.3, 0.4) is 0 Å². The standard InChI is InChI=1S/C26H25F2N7O/c27-20-11-14-34(16-20)15-17-5-7-19(8-6-17)25-32-26(36-33-25)23(29)24(18-9-12-31-13-10-18)35(30)22-4-2-1-3-21(22)28/h1-10,12-13,20H,11,14-16,29-30H2/b24-23-/t20-/m0/s1. The molecule has 1 aliphatic heterocycles. The lowest BCUT2D eigenvalue weighted by Gasteiger charge is -2.23. The number of pyridine rings is 1. The summed E-state index contributed by atoms with van der Waals surface area (Å²) in [5.74, 6) is 6.21. The molecule has 184 valence electrons. The Morgan fingerprint density at radius 2 is 1.83 bits per heavy atom. The Bertz CT molecular complexity index is 1360. The number of hydrogen-bond acceptors (Lipinski definition) is 8. The molecule has 0 radical (unpaired) electrons. The van der Waals surface area contributed by atoms with Crippen LogP contribution in [0.15, 0.2) is 77.6 Å². The predicted octanol–water partition coefficient (Wildman–Crippen LogP) is 3.98. The summed E-state index contributed by atoms with van der Waals surface area (Å²) in [6.07, 6.45) is 2.99. The van der Waals surface area contributed by atoms with E-state index >= 15 is 0 Å². The molecule has 0 aliphatic carbocycles. The van der Waals surface area contributed by atoms with Crippen LogP contribution < -0.4 is 16.6 Å². The summed E-state index contributed by atoms with van der Waals surface area (Å²) in [6.45, 7) is 1.91. The average Bonchev–Trinajstić information content (AvgIpc) is 3.55. The van der Waals surface area contributed by atoms with Gasteiger partial charge in [-0.3, -0.25) is 14.9 Å². The van der Waals surface area contributed by atoms with E-state index in [4.69, 9.17) is 16.1 Å². The minimum absolute atomic E-state index is 0.0405. The summed E-state index contributed by atoms with van der Waals surface area (Å²) >= 11 is 0. The van der Waals surface area contributed by atoms with Crippen LogP contribution in [-0.4, -0.2) is 39.3 Å². The molecular formula is C26H25F2N7O. The largest absolute Gasteiger partial charge is 0.392 e. The van der Waals surface area contributed by atoms with Gasteiger partial charge in [0.25, 0.3) is 5.89 Å². The van der Waals surface area contributed by atoms with Gasteiger partial charge in [-0.25, -0.2) is 14.6 Å². The molecule has 1 atom stereocenters. The highest BCUT2D eigenvalue weighted by atomic mass is 19.1. The number of alkyl halides is 1. The van der Waals surface area contributed by atoms with Crippen LogP contribution in [0.25, 0.3) is 22.8 Å². The van der Waals surface area contributed by atoms with Crippen molar-refractivity contribution in [3.63, 3.8) is 0 Å². The summed E-state index contributed by atoms with van der Waals surface area (Å²) in [4.78, 5) is 10.6. The van der Waals surface area contributed by atoms with Crippen molar-refractivity contribution in [1.82, 2.24) is 20.0 Å². The Labute approximate surface area is 206 Å². The maximum absolute atomic E-state index is 14.5. The van der Waals surface area contributed by atoms with Crippen LogP contribution in [0.4, 0.5) is 14.5 Å². The zero-order chi connectivity index (χ0) is 25.1.